The molecule has 0 spiro atoms. The van der Waals surface area contributed by atoms with Gasteiger partial charge < -0.3 is 15.1 Å². The Morgan fingerprint density at radius 3 is 2.54 bits per heavy atom. The van der Waals surface area contributed by atoms with Crippen molar-refractivity contribution in [2.75, 3.05) is 35.6 Å². The van der Waals surface area contributed by atoms with Crippen LogP contribution in [0.2, 0.25) is 0 Å². The lowest BCUT2D eigenvalue weighted by Crippen LogP contribution is -2.37. The van der Waals surface area contributed by atoms with Crippen LogP contribution in [0.4, 0.5) is 21.9 Å². The van der Waals surface area contributed by atoms with E-state index in [1.165, 1.54) is 11.3 Å². The molecular formula is C22H27N3O2S. The van der Waals surface area contributed by atoms with E-state index in [-0.39, 0.29) is 10.8 Å². The fraction of sp³-hybridized carbons (Fsp3) is 0.409. The first-order valence-electron chi connectivity index (χ1n) is 9.84. The number of benzene rings is 2. The van der Waals surface area contributed by atoms with Gasteiger partial charge in [-0.3, -0.25) is 4.21 Å². The van der Waals surface area contributed by atoms with E-state index in [9.17, 15) is 9.00 Å². The van der Waals surface area contributed by atoms with Gasteiger partial charge in [-0.2, -0.15) is 0 Å². The Bertz CT molecular complexity index is 912. The van der Waals surface area contributed by atoms with Gasteiger partial charge in [-0.25, -0.2) is 4.79 Å². The SMILES string of the molecule is CC1(C)CCN(C(=O)Nc2ccccc2N2CCc3ccccc32)CC[S@]1=O. The Morgan fingerprint density at radius 1 is 1.00 bits per heavy atom. The molecule has 6 heteroatoms. The van der Waals surface area contributed by atoms with Gasteiger partial charge in [0.1, 0.15) is 0 Å². The monoisotopic (exact) mass is 397 g/mol. The average Bonchev–Trinajstić information content (AvgIpc) is 3.06. The molecule has 0 saturated carbocycles. The number of hydrogen-bond donors (Lipinski definition) is 1. The Balaban J connectivity index is 1.54. The van der Waals surface area contributed by atoms with Gasteiger partial charge in [0.25, 0.3) is 0 Å². The van der Waals surface area contributed by atoms with Crippen LogP contribution in [-0.2, 0) is 17.2 Å². The van der Waals surface area contributed by atoms with Gasteiger partial charge in [-0.15, -0.1) is 0 Å². The van der Waals surface area contributed by atoms with E-state index in [2.05, 4.69) is 40.5 Å². The topological polar surface area (TPSA) is 52.7 Å². The van der Waals surface area contributed by atoms with E-state index < -0.39 is 10.8 Å². The maximum absolute atomic E-state index is 12.9. The van der Waals surface area contributed by atoms with Crippen LogP contribution in [0.3, 0.4) is 0 Å². The van der Waals surface area contributed by atoms with Crippen LogP contribution in [0.1, 0.15) is 25.8 Å². The first-order valence-corrected chi connectivity index (χ1v) is 11.2. The summed E-state index contributed by atoms with van der Waals surface area (Å²) in [7, 11) is -0.913. The standard InChI is InChI=1S/C22H27N3O2S/c1-22(2)12-14-24(15-16-28(22)27)21(26)23-18-8-4-6-10-20(18)25-13-11-17-7-3-5-9-19(17)25/h3-10H,11-16H2,1-2H3,(H,23,26)/t28-/m1/s1. The third kappa shape index (κ3) is 3.65. The number of hydrogen-bond acceptors (Lipinski definition) is 3. The number of nitrogens with one attached hydrogen (secondary N) is 1. The average molecular weight is 398 g/mol. The lowest BCUT2D eigenvalue weighted by Gasteiger charge is -2.26. The zero-order valence-corrected chi connectivity index (χ0v) is 17.3. The highest BCUT2D eigenvalue weighted by atomic mass is 32.2. The lowest BCUT2D eigenvalue weighted by molar-refractivity contribution is 0.214. The normalized spacial score (nSPS) is 21.1. The molecule has 28 heavy (non-hydrogen) atoms. The van der Waals surface area contributed by atoms with Crippen LogP contribution in [0.5, 0.6) is 0 Å². The fourth-order valence-electron chi connectivity index (χ4n) is 3.90. The van der Waals surface area contributed by atoms with Crippen molar-refractivity contribution in [3.63, 3.8) is 0 Å². The van der Waals surface area contributed by atoms with Crippen LogP contribution in [0.15, 0.2) is 48.5 Å². The largest absolute Gasteiger partial charge is 0.339 e. The predicted molar refractivity (Wildman–Crippen MR) is 116 cm³/mol. The van der Waals surface area contributed by atoms with Crippen molar-refractivity contribution in [3.8, 4) is 0 Å². The number of carbonyl (C=O) groups excluding carboxylic acids is 1. The lowest BCUT2D eigenvalue weighted by atomic mass is 10.1. The molecule has 2 aliphatic heterocycles. The second kappa shape index (κ2) is 7.59. The quantitative estimate of drug-likeness (QED) is 0.828. The second-order valence-electron chi connectivity index (χ2n) is 8.02. The first-order chi connectivity index (χ1) is 13.5. The smallest absolute Gasteiger partial charge is 0.321 e. The number of fused-ring (bicyclic) bond motifs is 1. The Morgan fingerprint density at radius 2 is 1.71 bits per heavy atom. The molecule has 1 saturated heterocycles. The van der Waals surface area contributed by atoms with Gasteiger partial charge in [-0.1, -0.05) is 30.3 Å². The van der Waals surface area contributed by atoms with E-state index in [0.717, 1.165) is 30.8 Å². The van der Waals surface area contributed by atoms with Crippen molar-refractivity contribution >= 4 is 33.9 Å². The predicted octanol–water partition coefficient (Wildman–Crippen LogP) is 4.15. The number of anilines is 3. The van der Waals surface area contributed by atoms with Crippen LogP contribution in [0, 0.1) is 0 Å². The van der Waals surface area contributed by atoms with E-state index in [0.29, 0.717) is 18.8 Å². The minimum absolute atomic E-state index is 0.116. The fourth-order valence-corrected chi connectivity index (χ4v) is 5.16. The van der Waals surface area contributed by atoms with E-state index in [4.69, 9.17) is 0 Å². The highest BCUT2D eigenvalue weighted by Gasteiger charge is 2.31. The maximum atomic E-state index is 12.9. The second-order valence-corrected chi connectivity index (χ2v) is 10.2. The number of rotatable bonds is 2. The van der Waals surface area contributed by atoms with Crippen LogP contribution in [0.25, 0.3) is 0 Å². The molecule has 2 aromatic rings. The Labute approximate surface area is 169 Å². The molecule has 0 aliphatic carbocycles. The molecule has 4 rings (SSSR count). The van der Waals surface area contributed by atoms with Crippen LogP contribution in [-0.4, -0.2) is 45.3 Å². The molecule has 0 unspecified atom stereocenters. The highest BCUT2D eigenvalue weighted by Crippen LogP contribution is 2.38. The molecule has 1 atom stereocenters. The number of urea groups is 1. The van der Waals surface area contributed by atoms with Crippen molar-refractivity contribution in [2.45, 2.75) is 31.4 Å². The van der Waals surface area contributed by atoms with Gasteiger partial charge in [0.05, 0.1) is 11.4 Å². The molecule has 2 amide bonds. The van der Waals surface area contributed by atoms with E-state index in [1.54, 1.807) is 4.90 Å². The summed E-state index contributed by atoms with van der Waals surface area (Å²) in [4.78, 5) is 17.0. The third-order valence-electron chi connectivity index (χ3n) is 5.76. The Kier molecular flexibility index (Phi) is 5.15. The van der Waals surface area contributed by atoms with E-state index >= 15 is 0 Å². The molecule has 2 heterocycles. The molecular weight excluding hydrogens is 370 g/mol. The van der Waals surface area contributed by atoms with Crippen molar-refractivity contribution < 1.29 is 9.00 Å². The number of amides is 2. The molecule has 148 valence electrons. The minimum atomic E-state index is -0.913. The summed E-state index contributed by atoms with van der Waals surface area (Å²) in [6.07, 6.45) is 1.75. The Hall–Kier alpha value is -2.34. The summed E-state index contributed by atoms with van der Waals surface area (Å²) in [6, 6.07) is 16.3. The van der Waals surface area contributed by atoms with Crippen molar-refractivity contribution in [1.29, 1.82) is 0 Å². The molecule has 2 aliphatic rings. The highest BCUT2D eigenvalue weighted by molar-refractivity contribution is 7.86. The minimum Gasteiger partial charge on any atom is -0.339 e. The molecule has 0 aromatic heterocycles. The summed E-state index contributed by atoms with van der Waals surface area (Å²) >= 11 is 0. The summed E-state index contributed by atoms with van der Waals surface area (Å²) in [5.41, 5.74) is 4.37. The molecule has 1 fully saturated rings. The molecule has 0 bridgehead atoms. The molecule has 0 radical (unpaired) electrons. The van der Waals surface area contributed by atoms with Gasteiger partial charge in [0.15, 0.2) is 0 Å². The summed E-state index contributed by atoms with van der Waals surface area (Å²) in [6.45, 7) is 6.09. The first kappa shape index (κ1) is 19.0. The van der Waals surface area contributed by atoms with Crippen LogP contribution >= 0.6 is 0 Å². The number of carbonyl (C=O) groups is 1. The summed E-state index contributed by atoms with van der Waals surface area (Å²) in [5.74, 6) is 0.529. The molecule has 2 aromatic carbocycles. The summed E-state index contributed by atoms with van der Waals surface area (Å²) < 4.78 is 12.1. The van der Waals surface area contributed by atoms with Crippen molar-refractivity contribution in [3.05, 3.63) is 54.1 Å². The van der Waals surface area contributed by atoms with Crippen molar-refractivity contribution in [2.24, 2.45) is 0 Å². The zero-order chi connectivity index (χ0) is 19.7. The van der Waals surface area contributed by atoms with Crippen molar-refractivity contribution in [1.82, 2.24) is 4.90 Å². The number of nitrogens with zero attached hydrogens (tertiary/aromatic N) is 2. The number of para-hydroxylation sites is 3. The molecule has 1 N–H and O–H groups in total. The van der Waals surface area contributed by atoms with Gasteiger partial charge in [-0.05, 0) is 50.5 Å². The van der Waals surface area contributed by atoms with Gasteiger partial charge >= 0.3 is 6.03 Å². The zero-order valence-electron chi connectivity index (χ0n) is 16.5. The third-order valence-corrected chi connectivity index (χ3v) is 7.75. The maximum Gasteiger partial charge on any atom is 0.321 e. The van der Waals surface area contributed by atoms with Gasteiger partial charge in [0, 0.05) is 46.6 Å². The summed E-state index contributed by atoms with van der Waals surface area (Å²) in [5, 5.41) is 3.10. The van der Waals surface area contributed by atoms with Gasteiger partial charge in [0.2, 0.25) is 0 Å². The van der Waals surface area contributed by atoms with E-state index in [1.807, 2.05) is 32.0 Å². The molecule has 5 nitrogen and oxygen atoms in total. The van der Waals surface area contributed by atoms with Crippen LogP contribution < -0.4 is 10.2 Å².